The van der Waals surface area contributed by atoms with E-state index < -0.39 is 18.2 Å². The first-order valence-corrected chi connectivity index (χ1v) is 12.8. The Labute approximate surface area is 223 Å². The van der Waals surface area contributed by atoms with Gasteiger partial charge in [-0.15, -0.1) is 13.2 Å². The number of carboxylic acid groups (broad SMARTS) is 1. The molecule has 1 aliphatic rings. The molecule has 2 aromatic carbocycles. The molecule has 1 N–H and O–H groups in total. The summed E-state index contributed by atoms with van der Waals surface area (Å²) in [5.74, 6) is -0.727. The number of pyridine rings is 1. The molecule has 4 aromatic rings. The molecule has 204 valence electrons. The SMILES string of the molecule is Cc1ccc(COc2ccc3nc([C@H]4CCCC[C@H]4C(=O)O)n(Cc4ccc(OC(F)(F)F)cc4)c3c2)nc1. The third-order valence-corrected chi connectivity index (χ3v) is 7.02. The van der Waals surface area contributed by atoms with E-state index in [0.29, 0.717) is 36.5 Å². The molecule has 0 unspecified atom stereocenters. The molecule has 2 heterocycles. The van der Waals surface area contributed by atoms with Crippen LogP contribution in [-0.4, -0.2) is 32.0 Å². The summed E-state index contributed by atoms with van der Waals surface area (Å²) in [6, 6.07) is 15.0. The van der Waals surface area contributed by atoms with E-state index in [0.717, 1.165) is 35.2 Å². The van der Waals surface area contributed by atoms with Crippen LogP contribution in [0.15, 0.2) is 60.8 Å². The van der Waals surface area contributed by atoms with Gasteiger partial charge in [-0.2, -0.15) is 0 Å². The number of imidazole rings is 1. The van der Waals surface area contributed by atoms with Gasteiger partial charge in [0.25, 0.3) is 0 Å². The van der Waals surface area contributed by atoms with Gasteiger partial charge in [0, 0.05) is 24.7 Å². The summed E-state index contributed by atoms with van der Waals surface area (Å²) >= 11 is 0. The Bertz CT molecular complexity index is 1450. The second-order valence-corrected chi connectivity index (χ2v) is 9.85. The van der Waals surface area contributed by atoms with Crippen LogP contribution >= 0.6 is 0 Å². The predicted octanol–water partition coefficient (Wildman–Crippen LogP) is 6.62. The van der Waals surface area contributed by atoms with Crippen molar-refractivity contribution in [3.05, 3.63) is 83.4 Å². The summed E-state index contributed by atoms with van der Waals surface area (Å²) in [6.07, 6.45) is 0.0218. The molecule has 2 atom stereocenters. The maximum Gasteiger partial charge on any atom is 0.573 e. The summed E-state index contributed by atoms with van der Waals surface area (Å²) in [5, 5.41) is 9.92. The maximum atomic E-state index is 12.6. The number of hydrogen-bond acceptors (Lipinski definition) is 5. The zero-order valence-electron chi connectivity index (χ0n) is 21.3. The average molecular weight is 540 g/mol. The number of benzene rings is 2. The van der Waals surface area contributed by atoms with Gasteiger partial charge in [0.15, 0.2) is 0 Å². The molecule has 0 spiro atoms. The molecule has 7 nitrogen and oxygen atoms in total. The Morgan fingerprint density at radius 2 is 1.79 bits per heavy atom. The van der Waals surface area contributed by atoms with Crippen molar-refractivity contribution in [2.45, 2.75) is 58.0 Å². The fraction of sp³-hybridized carbons (Fsp3) is 0.345. The van der Waals surface area contributed by atoms with Gasteiger partial charge in [0.05, 0.1) is 22.6 Å². The third-order valence-electron chi connectivity index (χ3n) is 7.02. The molecule has 2 aromatic heterocycles. The van der Waals surface area contributed by atoms with Crippen molar-refractivity contribution in [2.75, 3.05) is 0 Å². The number of alkyl halides is 3. The average Bonchev–Trinajstić information content (AvgIpc) is 3.26. The highest BCUT2D eigenvalue weighted by Crippen LogP contribution is 2.39. The number of aliphatic carboxylic acids is 1. The van der Waals surface area contributed by atoms with Crippen LogP contribution in [0.5, 0.6) is 11.5 Å². The summed E-state index contributed by atoms with van der Waals surface area (Å²) < 4.78 is 49.8. The van der Waals surface area contributed by atoms with Crippen molar-refractivity contribution >= 4 is 17.0 Å². The predicted molar refractivity (Wildman–Crippen MR) is 138 cm³/mol. The van der Waals surface area contributed by atoms with Crippen molar-refractivity contribution in [2.24, 2.45) is 5.92 Å². The Morgan fingerprint density at radius 3 is 2.49 bits per heavy atom. The maximum absolute atomic E-state index is 12.6. The molecule has 39 heavy (non-hydrogen) atoms. The number of aromatic nitrogens is 3. The van der Waals surface area contributed by atoms with Crippen LogP contribution in [0.3, 0.4) is 0 Å². The minimum absolute atomic E-state index is 0.275. The zero-order chi connectivity index (χ0) is 27.6. The van der Waals surface area contributed by atoms with Crippen LogP contribution in [0.1, 0.15) is 54.2 Å². The van der Waals surface area contributed by atoms with Crippen molar-refractivity contribution in [3.8, 4) is 11.5 Å². The Morgan fingerprint density at radius 1 is 1.05 bits per heavy atom. The van der Waals surface area contributed by atoms with Crippen LogP contribution in [0.2, 0.25) is 0 Å². The van der Waals surface area contributed by atoms with Crippen LogP contribution in [-0.2, 0) is 17.9 Å². The summed E-state index contributed by atoms with van der Waals surface area (Å²) in [7, 11) is 0. The lowest BCUT2D eigenvalue weighted by Crippen LogP contribution is -2.27. The van der Waals surface area contributed by atoms with Crippen LogP contribution in [0.25, 0.3) is 11.0 Å². The van der Waals surface area contributed by atoms with Gasteiger partial charge in [0.2, 0.25) is 0 Å². The van der Waals surface area contributed by atoms with E-state index in [-0.39, 0.29) is 18.3 Å². The monoisotopic (exact) mass is 539 g/mol. The molecule has 1 fully saturated rings. The number of nitrogens with zero attached hydrogens (tertiary/aromatic N) is 3. The van der Waals surface area contributed by atoms with Crippen molar-refractivity contribution in [3.63, 3.8) is 0 Å². The fourth-order valence-corrected chi connectivity index (χ4v) is 5.12. The van der Waals surface area contributed by atoms with E-state index in [9.17, 15) is 23.1 Å². The van der Waals surface area contributed by atoms with Crippen LogP contribution in [0, 0.1) is 12.8 Å². The number of hydrogen-bond donors (Lipinski definition) is 1. The molecule has 0 radical (unpaired) electrons. The standard InChI is InChI=1S/C29H28F3N3O4/c1-18-6-9-20(33-15-18)17-38-22-12-13-25-26(14-22)35(16-19-7-10-21(11-8-19)39-29(30,31)32)27(34-25)23-4-2-3-5-24(23)28(36)37/h6-15,23-24H,2-5,16-17H2,1H3,(H,36,37)/t23-,24+/m0/s1. The highest BCUT2D eigenvalue weighted by Gasteiger charge is 2.35. The number of carboxylic acids is 1. The normalized spacial score (nSPS) is 17.7. The topological polar surface area (TPSA) is 86.5 Å². The first-order valence-electron chi connectivity index (χ1n) is 12.8. The van der Waals surface area contributed by atoms with Crippen molar-refractivity contribution in [1.29, 1.82) is 0 Å². The number of fused-ring (bicyclic) bond motifs is 1. The quantitative estimate of drug-likeness (QED) is 0.271. The molecular weight excluding hydrogens is 511 g/mol. The second kappa shape index (κ2) is 11.0. The van der Waals surface area contributed by atoms with E-state index in [1.54, 1.807) is 18.3 Å². The summed E-state index contributed by atoms with van der Waals surface area (Å²) in [4.78, 5) is 21.3. The fourth-order valence-electron chi connectivity index (χ4n) is 5.12. The highest BCUT2D eigenvalue weighted by atomic mass is 19.4. The largest absolute Gasteiger partial charge is 0.573 e. The first-order chi connectivity index (χ1) is 18.7. The highest BCUT2D eigenvalue weighted by molar-refractivity contribution is 5.79. The van der Waals surface area contributed by atoms with Gasteiger partial charge in [-0.3, -0.25) is 9.78 Å². The van der Waals surface area contributed by atoms with Crippen molar-refractivity contribution < 1.29 is 32.5 Å². The number of ether oxygens (including phenoxy) is 2. The van der Waals surface area contributed by atoms with Gasteiger partial charge in [-0.05, 0) is 61.2 Å². The van der Waals surface area contributed by atoms with Gasteiger partial charge in [-0.1, -0.05) is 31.0 Å². The van der Waals surface area contributed by atoms with Gasteiger partial charge < -0.3 is 19.1 Å². The molecule has 10 heteroatoms. The Hall–Kier alpha value is -4.08. The number of halogens is 3. The molecule has 0 bridgehead atoms. The number of rotatable bonds is 8. The first kappa shape index (κ1) is 26.5. The Balaban J connectivity index is 1.49. The van der Waals surface area contributed by atoms with E-state index in [1.807, 2.05) is 41.8 Å². The second-order valence-electron chi connectivity index (χ2n) is 9.85. The molecule has 0 saturated heterocycles. The van der Waals surface area contributed by atoms with E-state index in [4.69, 9.17) is 9.72 Å². The zero-order valence-corrected chi connectivity index (χ0v) is 21.3. The molecular formula is C29H28F3N3O4. The van der Waals surface area contributed by atoms with Crippen LogP contribution in [0.4, 0.5) is 13.2 Å². The minimum Gasteiger partial charge on any atom is -0.487 e. The molecule has 0 amide bonds. The summed E-state index contributed by atoms with van der Waals surface area (Å²) in [6.45, 7) is 2.53. The van der Waals surface area contributed by atoms with E-state index in [2.05, 4.69) is 9.72 Å². The van der Waals surface area contributed by atoms with E-state index in [1.165, 1.54) is 12.1 Å². The van der Waals surface area contributed by atoms with Gasteiger partial charge >= 0.3 is 12.3 Å². The molecule has 5 rings (SSSR count). The third kappa shape index (κ3) is 6.32. The lowest BCUT2D eigenvalue weighted by molar-refractivity contribution is -0.274. The molecule has 0 aliphatic heterocycles. The van der Waals surface area contributed by atoms with E-state index >= 15 is 0 Å². The minimum atomic E-state index is -4.77. The lowest BCUT2D eigenvalue weighted by atomic mass is 9.78. The van der Waals surface area contributed by atoms with Crippen molar-refractivity contribution in [1.82, 2.24) is 14.5 Å². The number of carbonyl (C=O) groups is 1. The lowest BCUT2D eigenvalue weighted by Gasteiger charge is -2.28. The number of aryl methyl sites for hydroxylation is 1. The van der Waals surface area contributed by atoms with Crippen LogP contribution < -0.4 is 9.47 Å². The molecule has 1 saturated carbocycles. The van der Waals surface area contributed by atoms with Gasteiger partial charge in [0.1, 0.15) is 23.9 Å². The summed E-state index contributed by atoms with van der Waals surface area (Å²) in [5.41, 5.74) is 4.00. The smallest absolute Gasteiger partial charge is 0.487 e. The Kier molecular flexibility index (Phi) is 7.45. The van der Waals surface area contributed by atoms with Gasteiger partial charge in [-0.25, -0.2) is 4.98 Å². The molecule has 1 aliphatic carbocycles.